The molecule has 1 heterocycles. The molecule has 0 fully saturated rings. The van der Waals surface area contributed by atoms with Crippen molar-refractivity contribution >= 4 is 32.7 Å². The fourth-order valence-corrected chi connectivity index (χ4v) is 3.56. The molecule has 0 saturated carbocycles. The van der Waals surface area contributed by atoms with Gasteiger partial charge in [-0.3, -0.25) is 0 Å². The predicted octanol–water partition coefficient (Wildman–Crippen LogP) is 2.75. The van der Waals surface area contributed by atoms with Crippen LogP contribution in [0, 0.1) is 0 Å². The van der Waals surface area contributed by atoms with Gasteiger partial charge in [0.05, 0.1) is 22.3 Å². The molecule has 0 aliphatic rings. The van der Waals surface area contributed by atoms with E-state index in [1.165, 1.54) is 29.3 Å². The molecule has 0 saturated heterocycles. The molecule has 0 aliphatic heterocycles. The third-order valence-electron chi connectivity index (χ3n) is 3.14. The molecule has 1 atom stereocenters. The van der Waals surface area contributed by atoms with Gasteiger partial charge in [-0.05, 0) is 36.6 Å². The lowest BCUT2D eigenvalue weighted by molar-refractivity contribution is 0.521. The van der Waals surface area contributed by atoms with Gasteiger partial charge in [-0.1, -0.05) is 6.07 Å². The van der Waals surface area contributed by atoms with Crippen LogP contribution in [0.3, 0.4) is 0 Å². The molecule has 7 heteroatoms. The SMILES string of the molecule is CC(Nc1ccc(S(=O)(=O)N(C)C)cc1N)c1cccs1. The van der Waals surface area contributed by atoms with Gasteiger partial charge in [0.1, 0.15) is 0 Å². The van der Waals surface area contributed by atoms with Gasteiger partial charge in [0.25, 0.3) is 0 Å². The molecule has 1 unspecified atom stereocenters. The second-order valence-corrected chi connectivity index (χ2v) is 8.05. The molecule has 114 valence electrons. The van der Waals surface area contributed by atoms with Crippen LogP contribution >= 0.6 is 11.3 Å². The Kier molecular flexibility index (Phi) is 4.55. The molecule has 0 bridgehead atoms. The molecule has 0 radical (unpaired) electrons. The number of nitrogens with zero attached hydrogens (tertiary/aromatic N) is 1. The molecule has 3 N–H and O–H groups in total. The Bertz CT molecular complexity index is 710. The van der Waals surface area contributed by atoms with Crippen LogP contribution in [0.1, 0.15) is 17.8 Å². The van der Waals surface area contributed by atoms with E-state index in [0.717, 1.165) is 5.69 Å². The summed E-state index contributed by atoms with van der Waals surface area (Å²) in [5.74, 6) is 0. The highest BCUT2D eigenvalue weighted by atomic mass is 32.2. The van der Waals surface area contributed by atoms with E-state index in [1.54, 1.807) is 23.5 Å². The van der Waals surface area contributed by atoms with Gasteiger partial charge in [-0.2, -0.15) is 0 Å². The molecular weight excluding hydrogens is 306 g/mol. The van der Waals surface area contributed by atoms with Crippen molar-refractivity contribution in [2.24, 2.45) is 0 Å². The molecule has 0 amide bonds. The fourth-order valence-electron chi connectivity index (χ4n) is 1.89. The number of sulfonamides is 1. The maximum Gasteiger partial charge on any atom is 0.242 e. The second-order valence-electron chi connectivity index (χ2n) is 4.92. The average Bonchev–Trinajstić information content (AvgIpc) is 2.94. The summed E-state index contributed by atoms with van der Waals surface area (Å²) in [5.41, 5.74) is 7.13. The van der Waals surface area contributed by atoms with E-state index in [-0.39, 0.29) is 10.9 Å². The van der Waals surface area contributed by atoms with E-state index >= 15 is 0 Å². The monoisotopic (exact) mass is 325 g/mol. The molecule has 0 aliphatic carbocycles. The standard InChI is InChI=1S/C14H19N3O2S2/c1-10(14-5-4-8-20-14)16-13-7-6-11(9-12(13)15)21(18,19)17(2)3/h4-10,16H,15H2,1-3H3. The Labute approximate surface area is 129 Å². The molecule has 5 nitrogen and oxygen atoms in total. The van der Waals surface area contributed by atoms with Gasteiger partial charge in [-0.15, -0.1) is 11.3 Å². The van der Waals surface area contributed by atoms with Gasteiger partial charge in [0, 0.05) is 19.0 Å². The summed E-state index contributed by atoms with van der Waals surface area (Å²) >= 11 is 1.66. The summed E-state index contributed by atoms with van der Waals surface area (Å²) in [6.07, 6.45) is 0. The average molecular weight is 325 g/mol. The number of nitrogen functional groups attached to an aromatic ring is 1. The van der Waals surface area contributed by atoms with Gasteiger partial charge in [-0.25, -0.2) is 12.7 Å². The second kappa shape index (κ2) is 6.05. The zero-order valence-corrected chi connectivity index (χ0v) is 13.8. The third-order valence-corrected chi connectivity index (χ3v) is 6.01. The van der Waals surface area contributed by atoms with Crippen molar-refractivity contribution in [3.63, 3.8) is 0 Å². The van der Waals surface area contributed by atoms with Crippen LogP contribution in [0.25, 0.3) is 0 Å². The van der Waals surface area contributed by atoms with Crippen LogP contribution < -0.4 is 11.1 Å². The first-order chi connectivity index (χ1) is 9.82. The fraction of sp³-hybridized carbons (Fsp3) is 0.286. The third kappa shape index (κ3) is 3.37. The lowest BCUT2D eigenvalue weighted by Crippen LogP contribution is -2.22. The first kappa shape index (κ1) is 15.8. The van der Waals surface area contributed by atoms with Crippen LogP contribution in [-0.2, 0) is 10.0 Å². The first-order valence-corrected chi connectivity index (χ1v) is 8.76. The maximum absolute atomic E-state index is 12.1. The van der Waals surface area contributed by atoms with E-state index < -0.39 is 10.0 Å². The number of anilines is 2. The van der Waals surface area contributed by atoms with Crippen LogP contribution in [0.5, 0.6) is 0 Å². The topological polar surface area (TPSA) is 75.4 Å². The minimum Gasteiger partial charge on any atom is -0.397 e. The Balaban J connectivity index is 2.24. The molecule has 0 spiro atoms. The summed E-state index contributed by atoms with van der Waals surface area (Å²) in [4.78, 5) is 1.39. The van der Waals surface area contributed by atoms with Crippen LogP contribution in [0.2, 0.25) is 0 Å². The van der Waals surface area contributed by atoms with Crippen molar-refractivity contribution < 1.29 is 8.42 Å². The Morgan fingerprint density at radius 3 is 2.52 bits per heavy atom. The van der Waals surface area contributed by atoms with Crippen molar-refractivity contribution in [3.8, 4) is 0 Å². The summed E-state index contributed by atoms with van der Waals surface area (Å²) < 4.78 is 25.3. The Morgan fingerprint density at radius 2 is 2.00 bits per heavy atom. The Morgan fingerprint density at radius 1 is 1.29 bits per heavy atom. The molecule has 21 heavy (non-hydrogen) atoms. The lowest BCUT2D eigenvalue weighted by Gasteiger charge is -2.17. The van der Waals surface area contributed by atoms with E-state index in [2.05, 4.69) is 5.32 Å². The largest absolute Gasteiger partial charge is 0.397 e. The zero-order valence-electron chi connectivity index (χ0n) is 12.2. The summed E-state index contributed by atoms with van der Waals surface area (Å²) in [5, 5.41) is 5.31. The quantitative estimate of drug-likeness (QED) is 0.829. The normalized spacial score (nSPS) is 13.3. The number of hydrogen-bond acceptors (Lipinski definition) is 5. The number of thiophene rings is 1. The van der Waals surface area contributed by atoms with Gasteiger partial charge < -0.3 is 11.1 Å². The van der Waals surface area contributed by atoms with E-state index in [0.29, 0.717) is 5.69 Å². The number of hydrogen-bond donors (Lipinski definition) is 2. The van der Waals surface area contributed by atoms with Crippen LogP contribution in [-0.4, -0.2) is 26.8 Å². The Hall–Kier alpha value is -1.57. The van der Waals surface area contributed by atoms with Crippen molar-refractivity contribution in [1.82, 2.24) is 4.31 Å². The van der Waals surface area contributed by atoms with E-state index in [9.17, 15) is 8.42 Å². The highest BCUT2D eigenvalue weighted by Gasteiger charge is 2.18. The zero-order chi connectivity index (χ0) is 15.6. The van der Waals surface area contributed by atoms with E-state index in [1.807, 2.05) is 24.4 Å². The minimum absolute atomic E-state index is 0.114. The molecule has 1 aromatic carbocycles. The highest BCUT2D eigenvalue weighted by Crippen LogP contribution is 2.28. The van der Waals surface area contributed by atoms with Gasteiger partial charge in [0.2, 0.25) is 10.0 Å². The van der Waals surface area contributed by atoms with E-state index in [4.69, 9.17) is 5.73 Å². The molecule has 2 rings (SSSR count). The van der Waals surface area contributed by atoms with Crippen molar-refractivity contribution in [3.05, 3.63) is 40.6 Å². The van der Waals surface area contributed by atoms with Gasteiger partial charge >= 0.3 is 0 Å². The highest BCUT2D eigenvalue weighted by molar-refractivity contribution is 7.89. The van der Waals surface area contributed by atoms with Crippen molar-refractivity contribution in [1.29, 1.82) is 0 Å². The smallest absolute Gasteiger partial charge is 0.242 e. The molecule has 2 aromatic rings. The van der Waals surface area contributed by atoms with Crippen molar-refractivity contribution in [2.45, 2.75) is 17.9 Å². The molecule has 1 aromatic heterocycles. The number of nitrogens with one attached hydrogen (secondary N) is 1. The van der Waals surface area contributed by atoms with Gasteiger partial charge in [0.15, 0.2) is 0 Å². The summed E-state index contributed by atoms with van der Waals surface area (Å²) in [7, 11) is -0.467. The van der Waals surface area contributed by atoms with Crippen molar-refractivity contribution in [2.75, 3.05) is 25.1 Å². The predicted molar refractivity (Wildman–Crippen MR) is 88.1 cm³/mol. The first-order valence-electron chi connectivity index (χ1n) is 6.44. The summed E-state index contributed by atoms with van der Waals surface area (Å²) in [6, 6.07) is 8.91. The maximum atomic E-state index is 12.1. The minimum atomic E-state index is -3.46. The number of nitrogens with two attached hydrogens (primary N) is 1. The molecular formula is C14H19N3O2S2. The van der Waals surface area contributed by atoms with Crippen LogP contribution in [0.15, 0.2) is 40.6 Å². The number of rotatable bonds is 5. The summed E-state index contributed by atoms with van der Waals surface area (Å²) in [6.45, 7) is 2.04. The lowest BCUT2D eigenvalue weighted by atomic mass is 10.2. The van der Waals surface area contributed by atoms with Crippen LogP contribution in [0.4, 0.5) is 11.4 Å². The number of benzene rings is 1.